The van der Waals surface area contributed by atoms with Crippen LogP contribution in [0.3, 0.4) is 0 Å². The lowest BCUT2D eigenvalue weighted by Crippen LogP contribution is -2.20. The van der Waals surface area contributed by atoms with E-state index in [1.54, 1.807) is 37.4 Å². The van der Waals surface area contributed by atoms with Crippen molar-refractivity contribution in [3.63, 3.8) is 0 Å². The number of ether oxygens (including phenoxy) is 2. The predicted molar refractivity (Wildman–Crippen MR) is 120 cm³/mol. The van der Waals surface area contributed by atoms with Crippen molar-refractivity contribution in [2.24, 2.45) is 0 Å². The number of rotatable bonds is 8. The van der Waals surface area contributed by atoms with Crippen LogP contribution in [0.2, 0.25) is 5.02 Å². The maximum absolute atomic E-state index is 12.1. The number of nitrogens with one attached hydrogen (secondary N) is 2. The van der Waals surface area contributed by atoms with Crippen molar-refractivity contribution in [1.29, 1.82) is 0 Å². The number of methoxy groups -OCH3 is 1. The maximum atomic E-state index is 12.1. The fourth-order valence-corrected chi connectivity index (χ4v) is 2.98. The summed E-state index contributed by atoms with van der Waals surface area (Å²) in [4.78, 5) is 12.1. The molecular formula is C22H20BrClN2O3. The molecule has 2 N–H and O–H groups in total. The molecule has 0 saturated carbocycles. The van der Waals surface area contributed by atoms with Gasteiger partial charge in [0.25, 0.3) is 5.91 Å². The van der Waals surface area contributed by atoms with Gasteiger partial charge in [0.05, 0.1) is 7.11 Å². The Hall–Kier alpha value is -2.70. The summed E-state index contributed by atoms with van der Waals surface area (Å²) in [5, 5.41) is 6.71. The topological polar surface area (TPSA) is 59.6 Å². The first-order valence-corrected chi connectivity index (χ1v) is 10.0. The Morgan fingerprint density at radius 3 is 2.34 bits per heavy atom. The van der Waals surface area contributed by atoms with Crippen LogP contribution in [0.5, 0.6) is 11.5 Å². The van der Waals surface area contributed by atoms with Gasteiger partial charge in [-0.25, -0.2) is 0 Å². The van der Waals surface area contributed by atoms with E-state index in [0.29, 0.717) is 28.8 Å². The third-order valence-corrected chi connectivity index (χ3v) is 4.84. The van der Waals surface area contributed by atoms with Crippen LogP contribution in [-0.4, -0.2) is 19.6 Å². The van der Waals surface area contributed by atoms with E-state index >= 15 is 0 Å². The van der Waals surface area contributed by atoms with Crippen LogP contribution >= 0.6 is 27.5 Å². The predicted octanol–water partition coefficient (Wildman–Crippen LogP) is 5.74. The zero-order valence-corrected chi connectivity index (χ0v) is 18.1. The Balaban J connectivity index is 1.55. The van der Waals surface area contributed by atoms with E-state index in [0.717, 1.165) is 15.7 Å². The van der Waals surface area contributed by atoms with Gasteiger partial charge < -0.3 is 20.1 Å². The Kier molecular flexibility index (Phi) is 7.38. The van der Waals surface area contributed by atoms with Crippen molar-refractivity contribution in [1.82, 2.24) is 0 Å². The molecule has 0 aromatic heterocycles. The summed E-state index contributed by atoms with van der Waals surface area (Å²) in [6, 6.07) is 20.5. The third-order valence-electron chi connectivity index (χ3n) is 4.06. The van der Waals surface area contributed by atoms with Gasteiger partial charge in [0, 0.05) is 27.4 Å². The summed E-state index contributed by atoms with van der Waals surface area (Å²) in [6.45, 7) is 0.505. The highest BCUT2D eigenvalue weighted by atomic mass is 79.9. The van der Waals surface area contributed by atoms with Crippen molar-refractivity contribution in [3.05, 3.63) is 81.8 Å². The summed E-state index contributed by atoms with van der Waals surface area (Å²) in [6.07, 6.45) is 0. The highest BCUT2D eigenvalue weighted by Crippen LogP contribution is 2.28. The van der Waals surface area contributed by atoms with E-state index in [-0.39, 0.29) is 12.5 Å². The van der Waals surface area contributed by atoms with Crippen LogP contribution in [0.15, 0.2) is 71.2 Å². The molecule has 0 aliphatic heterocycles. The zero-order valence-electron chi connectivity index (χ0n) is 15.7. The third kappa shape index (κ3) is 6.41. The van der Waals surface area contributed by atoms with Crippen molar-refractivity contribution >= 4 is 44.8 Å². The van der Waals surface area contributed by atoms with Gasteiger partial charge in [0.1, 0.15) is 0 Å². The van der Waals surface area contributed by atoms with E-state index in [4.69, 9.17) is 21.1 Å². The average molecular weight is 476 g/mol. The number of hydrogen-bond acceptors (Lipinski definition) is 4. The van der Waals surface area contributed by atoms with Gasteiger partial charge in [0.15, 0.2) is 18.1 Å². The van der Waals surface area contributed by atoms with Gasteiger partial charge in [-0.1, -0.05) is 33.6 Å². The van der Waals surface area contributed by atoms with E-state index in [1.807, 2.05) is 36.4 Å². The first-order chi connectivity index (χ1) is 14.0. The smallest absolute Gasteiger partial charge is 0.262 e. The second-order valence-electron chi connectivity index (χ2n) is 6.19. The fourth-order valence-electron chi connectivity index (χ4n) is 2.59. The monoisotopic (exact) mass is 474 g/mol. The molecule has 0 aliphatic carbocycles. The molecule has 0 unspecified atom stereocenters. The molecule has 150 valence electrons. The number of anilines is 2. The van der Waals surface area contributed by atoms with E-state index in [9.17, 15) is 4.79 Å². The van der Waals surface area contributed by atoms with Crippen molar-refractivity contribution in [3.8, 4) is 11.5 Å². The summed E-state index contributed by atoms with van der Waals surface area (Å²) in [5.74, 6) is 0.806. The number of carbonyl (C=O) groups excluding carboxylic acids is 1. The molecule has 0 bridgehead atoms. The molecule has 7 heteroatoms. The van der Waals surface area contributed by atoms with E-state index in [2.05, 4.69) is 26.6 Å². The molecule has 0 heterocycles. The molecule has 0 saturated heterocycles. The second kappa shape index (κ2) is 10.2. The molecule has 0 radical (unpaired) electrons. The normalized spacial score (nSPS) is 10.3. The van der Waals surface area contributed by atoms with Gasteiger partial charge >= 0.3 is 0 Å². The Morgan fingerprint density at radius 2 is 1.66 bits per heavy atom. The lowest BCUT2D eigenvalue weighted by molar-refractivity contribution is -0.118. The Morgan fingerprint density at radius 1 is 0.966 bits per heavy atom. The second-order valence-corrected chi connectivity index (χ2v) is 7.54. The minimum atomic E-state index is -0.268. The van der Waals surface area contributed by atoms with Crippen LogP contribution in [0.4, 0.5) is 11.4 Å². The quantitative estimate of drug-likeness (QED) is 0.436. The number of halogens is 2. The van der Waals surface area contributed by atoms with Gasteiger partial charge in [-0.05, 0) is 66.2 Å². The molecule has 29 heavy (non-hydrogen) atoms. The van der Waals surface area contributed by atoms with Crippen LogP contribution in [0.1, 0.15) is 5.56 Å². The highest BCUT2D eigenvalue weighted by Gasteiger charge is 2.09. The summed E-state index contributed by atoms with van der Waals surface area (Å²) in [5.41, 5.74) is 2.71. The summed E-state index contributed by atoms with van der Waals surface area (Å²) < 4.78 is 12.1. The first kappa shape index (κ1) is 21.0. The molecule has 3 aromatic carbocycles. The van der Waals surface area contributed by atoms with Gasteiger partial charge in [-0.3, -0.25) is 4.79 Å². The minimum Gasteiger partial charge on any atom is -0.493 e. The van der Waals surface area contributed by atoms with Crippen molar-refractivity contribution in [2.45, 2.75) is 6.54 Å². The van der Waals surface area contributed by atoms with E-state index < -0.39 is 0 Å². The molecule has 0 fully saturated rings. The number of benzene rings is 3. The molecular weight excluding hydrogens is 456 g/mol. The largest absolute Gasteiger partial charge is 0.493 e. The molecule has 3 aromatic rings. The first-order valence-electron chi connectivity index (χ1n) is 8.88. The van der Waals surface area contributed by atoms with Crippen LogP contribution < -0.4 is 20.1 Å². The van der Waals surface area contributed by atoms with Crippen molar-refractivity contribution < 1.29 is 14.3 Å². The minimum absolute atomic E-state index is 0.129. The van der Waals surface area contributed by atoms with Gasteiger partial charge in [-0.2, -0.15) is 0 Å². The van der Waals surface area contributed by atoms with Gasteiger partial charge in [0.2, 0.25) is 0 Å². The van der Waals surface area contributed by atoms with E-state index in [1.165, 1.54) is 0 Å². The standard InChI is InChI=1S/C22H20BrClN2O3/c1-28-21-12-15(13-25-18-7-3-16(23)4-8-18)2-11-20(21)29-14-22(27)26-19-9-5-17(24)6-10-19/h2-12,25H,13-14H2,1H3,(H,26,27). The fraction of sp³-hybridized carbons (Fsp3) is 0.136. The Labute approximate surface area is 183 Å². The van der Waals surface area contributed by atoms with Crippen LogP contribution in [-0.2, 0) is 11.3 Å². The van der Waals surface area contributed by atoms with Crippen molar-refractivity contribution in [2.75, 3.05) is 24.4 Å². The summed E-state index contributed by atoms with van der Waals surface area (Å²) in [7, 11) is 1.57. The van der Waals surface area contributed by atoms with Crippen LogP contribution in [0, 0.1) is 0 Å². The zero-order chi connectivity index (χ0) is 20.6. The lowest BCUT2D eigenvalue weighted by Gasteiger charge is -2.13. The highest BCUT2D eigenvalue weighted by molar-refractivity contribution is 9.10. The number of amides is 1. The lowest BCUT2D eigenvalue weighted by atomic mass is 10.2. The molecule has 3 rings (SSSR count). The Bertz CT molecular complexity index is 963. The molecule has 1 amide bonds. The molecule has 0 spiro atoms. The SMILES string of the molecule is COc1cc(CNc2ccc(Br)cc2)ccc1OCC(=O)Nc1ccc(Cl)cc1. The molecule has 0 aliphatic rings. The number of carbonyl (C=O) groups is 1. The maximum Gasteiger partial charge on any atom is 0.262 e. The van der Waals surface area contributed by atoms with Gasteiger partial charge in [-0.15, -0.1) is 0 Å². The summed E-state index contributed by atoms with van der Waals surface area (Å²) >= 11 is 9.26. The molecule has 5 nitrogen and oxygen atoms in total. The average Bonchev–Trinajstić information content (AvgIpc) is 2.73. The molecule has 0 atom stereocenters. The number of hydrogen-bond donors (Lipinski definition) is 2. The van der Waals surface area contributed by atoms with Crippen LogP contribution in [0.25, 0.3) is 0 Å².